The zero-order valence-corrected chi connectivity index (χ0v) is 18.1. The van der Waals surface area contributed by atoms with Crippen molar-refractivity contribution in [3.8, 4) is 0 Å². The summed E-state index contributed by atoms with van der Waals surface area (Å²) in [6.07, 6.45) is -7.22. The summed E-state index contributed by atoms with van der Waals surface area (Å²) >= 11 is 0. The number of aryl methyl sites for hydroxylation is 1. The molecule has 12 heteroatoms. The molecule has 2 aromatic heterocycles. The predicted octanol–water partition coefficient (Wildman–Crippen LogP) is 5.03. The Morgan fingerprint density at radius 1 is 1.21 bits per heavy atom. The molecule has 3 heterocycles. The van der Waals surface area contributed by atoms with Gasteiger partial charge in [-0.05, 0) is 13.8 Å². The molecule has 2 atom stereocenters. The molecule has 4 rings (SSSR count). The molecule has 1 N–H and O–H groups in total. The van der Waals surface area contributed by atoms with Crippen LogP contribution in [0.3, 0.4) is 0 Å². The number of halogens is 6. The van der Waals surface area contributed by atoms with Crippen molar-refractivity contribution in [1.82, 2.24) is 14.5 Å². The number of pyridine rings is 1. The number of fused-ring (bicyclic) bond motifs is 1. The van der Waals surface area contributed by atoms with Crippen LogP contribution in [0.1, 0.15) is 42.8 Å². The Hall–Kier alpha value is -3.15. The number of rotatable bonds is 5. The molecule has 0 spiro atoms. The van der Waals surface area contributed by atoms with Crippen molar-refractivity contribution < 1.29 is 31.1 Å². The van der Waals surface area contributed by atoms with E-state index >= 15 is 0 Å². The third-order valence-electron chi connectivity index (χ3n) is 5.95. The molecule has 1 unspecified atom stereocenters. The lowest BCUT2D eigenvalue weighted by Crippen LogP contribution is -2.52. The Morgan fingerprint density at radius 3 is 2.53 bits per heavy atom. The Kier molecular flexibility index (Phi) is 6.05. The fourth-order valence-electron chi connectivity index (χ4n) is 4.12. The molecule has 1 saturated heterocycles. The Morgan fingerprint density at radius 2 is 1.91 bits per heavy atom. The molecule has 6 nitrogen and oxygen atoms in total. The topological polar surface area (TPSA) is 69.0 Å². The van der Waals surface area contributed by atoms with Crippen LogP contribution in [0, 0.1) is 12.7 Å². The first-order chi connectivity index (χ1) is 15.9. The minimum absolute atomic E-state index is 0.0295. The standard InChI is InChI=1S/C22H20F6N4O2/c1-11(13-4-3-5-14(18(13)23)19(24)25)29-20-15-9-32(17(33)8-16(15)30-12(2)31-20)21(22(26,27)28)6-7-34-10-21/h3-5,8-9,11,19H,6-7,10H2,1-2H3,(H,29,30,31)/t11-,21?/m1/s1. The van der Waals surface area contributed by atoms with Crippen LogP contribution >= 0.6 is 0 Å². The summed E-state index contributed by atoms with van der Waals surface area (Å²) in [5.41, 5.74) is -4.22. The molecule has 1 fully saturated rings. The zero-order valence-electron chi connectivity index (χ0n) is 18.1. The van der Waals surface area contributed by atoms with E-state index in [0.717, 1.165) is 18.3 Å². The third-order valence-corrected chi connectivity index (χ3v) is 5.95. The molecule has 182 valence electrons. The van der Waals surface area contributed by atoms with Crippen molar-refractivity contribution in [2.45, 2.75) is 44.5 Å². The van der Waals surface area contributed by atoms with Gasteiger partial charge in [0.05, 0.1) is 29.1 Å². The van der Waals surface area contributed by atoms with E-state index in [9.17, 15) is 31.1 Å². The second kappa shape index (κ2) is 8.57. The Bertz CT molecular complexity index is 1280. The number of aromatic nitrogens is 3. The first-order valence-electron chi connectivity index (χ1n) is 10.3. The molecule has 1 aliphatic rings. The van der Waals surface area contributed by atoms with Gasteiger partial charge in [0.15, 0.2) is 5.54 Å². The maximum Gasteiger partial charge on any atom is 0.414 e. The van der Waals surface area contributed by atoms with Crippen molar-refractivity contribution in [2.75, 3.05) is 18.5 Å². The Labute approximate surface area is 189 Å². The van der Waals surface area contributed by atoms with Gasteiger partial charge in [-0.15, -0.1) is 0 Å². The number of nitrogens with one attached hydrogen (secondary N) is 1. The quantitative estimate of drug-likeness (QED) is 0.513. The summed E-state index contributed by atoms with van der Waals surface area (Å²) in [6, 6.07) is 3.66. The van der Waals surface area contributed by atoms with Crippen LogP contribution in [0.4, 0.5) is 32.2 Å². The molecule has 1 aliphatic heterocycles. The number of alkyl halides is 5. The van der Waals surface area contributed by atoms with E-state index in [1.54, 1.807) is 0 Å². The number of benzene rings is 1. The average molecular weight is 486 g/mol. The fraction of sp³-hybridized carbons (Fsp3) is 0.409. The van der Waals surface area contributed by atoms with Gasteiger partial charge in [-0.3, -0.25) is 9.36 Å². The lowest BCUT2D eigenvalue weighted by Gasteiger charge is -2.32. The van der Waals surface area contributed by atoms with Crippen LogP contribution < -0.4 is 10.9 Å². The van der Waals surface area contributed by atoms with Crippen LogP contribution in [0.5, 0.6) is 0 Å². The maximum atomic E-state index is 14.6. The van der Waals surface area contributed by atoms with Crippen molar-refractivity contribution in [3.05, 3.63) is 63.6 Å². The summed E-state index contributed by atoms with van der Waals surface area (Å²) in [5.74, 6) is -0.860. The van der Waals surface area contributed by atoms with E-state index in [-0.39, 0.29) is 34.7 Å². The highest BCUT2D eigenvalue weighted by Gasteiger charge is 2.59. The summed E-state index contributed by atoms with van der Waals surface area (Å²) in [5, 5.41) is 2.96. The van der Waals surface area contributed by atoms with Crippen LogP contribution in [0.2, 0.25) is 0 Å². The third kappa shape index (κ3) is 3.99. The smallest absolute Gasteiger partial charge is 0.379 e. The van der Waals surface area contributed by atoms with Gasteiger partial charge in [0, 0.05) is 30.9 Å². The molecule has 0 aliphatic carbocycles. The number of hydrogen-bond acceptors (Lipinski definition) is 5. The summed E-state index contributed by atoms with van der Waals surface area (Å²) in [6.45, 7) is 2.12. The minimum atomic E-state index is -4.77. The first kappa shape index (κ1) is 24.0. The number of ether oxygens (including phenoxy) is 1. The second-order valence-electron chi connectivity index (χ2n) is 8.15. The number of nitrogens with zero attached hydrogens (tertiary/aromatic N) is 3. The lowest BCUT2D eigenvalue weighted by atomic mass is 9.97. The van der Waals surface area contributed by atoms with Gasteiger partial charge in [0.25, 0.3) is 12.0 Å². The SMILES string of the molecule is Cc1nc(N[C@H](C)c2cccc(C(F)F)c2F)c2cn(C3(C(F)(F)F)CCOC3)c(=O)cc2n1. The largest absolute Gasteiger partial charge is 0.414 e. The van der Waals surface area contributed by atoms with E-state index in [0.29, 0.717) is 4.57 Å². The summed E-state index contributed by atoms with van der Waals surface area (Å²) < 4.78 is 88.5. The predicted molar refractivity (Wildman–Crippen MR) is 111 cm³/mol. The van der Waals surface area contributed by atoms with E-state index in [1.165, 1.54) is 26.0 Å². The van der Waals surface area contributed by atoms with Crippen molar-refractivity contribution >= 4 is 16.7 Å². The second-order valence-corrected chi connectivity index (χ2v) is 8.15. The number of anilines is 1. The van der Waals surface area contributed by atoms with E-state index in [2.05, 4.69) is 15.3 Å². The average Bonchev–Trinajstić information content (AvgIpc) is 3.24. The van der Waals surface area contributed by atoms with Gasteiger partial charge >= 0.3 is 6.18 Å². The first-order valence-corrected chi connectivity index (χ1v) is 10.3. The molecule has 0 bridgehead atoms. The van der Waals surface area contributed by atoms with Gasteiger partial charge in [0.1, 0.15) is 17.5 Å². The highest BCUT2D eigenvalue weighted by atomic mass is 19.4. The van der Waals surface area contributed by atoms with Crippen LogP contribution in [-0.2, 0) is 10.3 Å². The normalized spacial score (nSPS) is 19.7. The van der Waals surface area contributed by atoms with Gasteiger partial charge in [-0.25, -0.2) is 23.1 Å². The zero-order chi connectivity index (χ0) is 24.8. The van der Waals surface area contributed by atoms with Crippen molar-refractivity contribution in [2.24, 2.45) is 0 Å². The molecule has 0 radical (unpaired) electrons. The van der Waals surface area contributed by atoms with Crippen molar-refractivity contribution in [3.63, 3.8) is 0 Å². The molecule has 34 heavy (non-hydrogen) atoms. The lowest BCUT2D eigenvalue weighted by molar-refractivity contribution is -0.214. The van der Waals surface area contributed by atoms with Gasteiger partial charge in [0.2, 0.25) is 0 Å². The number of hydrogen-bond donors (Lipinski definition) is 1. The molecule has 3 aromatic rings. The van der Waals surface area contributed by atoms with Crippen LogP contribution in [-0.4, -0.2) is 33.9 Å². The maximum absolute atomic E-state index is 14.6. The minimum Gasteiger partial charge on any atom is -0.379 e. The monoisotopic (exact) mass is 486 g/mol. The van der Waals surface area contributed by atoms with E-state index in [1.807, 2.05) is 0 Å². The highest BCUT2D eigenvalue weighted by molar-refractivity contribution is 5.88. The van der Waals surface area contributed by atoms with E-state index in [4.69, 9.17) is 4.74 Å². The molecular weight excluding hydrogens is 466 g/mol. The van der Waals surface area contributed by atoms with Gasteiger partial charge in [-0.1, -0.05) is 18.2 Å². The van der Waals surface area contributed by atoms with Crippen molar-refractivity contribution in [1.29, 1.82) is 0 Å². The Balaban J connectivity index is 1.84. The molecule has 0 amide bonds. The molecular formula is C22H20F6N4O2. The summed E-state index contributed by atoms with van der Waals surface area (Å²) in [4.78, 5) is 21.0. The van der Waals surface area contributed by atoms with Gasteiger partial charge in [-0.2, -0.15) is 13.2 Å². The molecule has 0 saturated carbocycles. The molecule has 1 aromatic carbocycles. The summed E-state index contributed by atoms with van der Waals surface area (Å²) in [7, 11) is 0. The van der Waals surface area contributed by atoms with Crippen LogP contribution in [0.15, 0.2) is 35.3 Å². The van der Waals surface area contributed by atoms with Gasteiger partial charge < -0.3 is 10.1 Å². The van der Waals surface area contributed by atoms with E-state index < -0.39 is 54.2 Å². The highest BCUT2D eigenvalue weighted by Crippen LogP contribution is 2.43. The van der Waals surface area contributed by atoms with Crippen LogP contribution in [0.25, 0.3) is 10.9 Å². The fourth-order valence-corrected chi connectivity index (χ4v) is 4.12.